The van der Waals surface area contributed by atoms with Crippen molar-refractivity contribution in [2.75, 3.05) is 0 Å². The van der Waals surface area contributed by atoms with Crippen molar-refractivity contribution in [2.45, 2.75) is 57.8 Å². The van der Waals surface area contributed by atoms with Crippen LogP contribution >= 0.6 is 0 Å². The van der Waals surface area contributed by atoms with Gasteiger partial charge in [-0.3, -0.25) is 19.2 Å². The Morgan fingerprint density at radius 2 is 1.54 bits per heavy atom. The van der Waals surface area contributed by atoms with Crippen molar-refractivity contribution in [3.8, 4) is 5.75 Å². The number of phenolic OH excluding ortho intramolecular Hbond substituents is 1. The molecule has 0 spiro atoms. The predicted molar refractivity (Wildman–Crippen MR) is 146 cm³/mol. The number of aromatic amines is 1. The first kappa shape index (κ1) is 29.2. The van der Waals surface area contributed by atoms with E-state index in [1.807, 2.05) is 24.3 Å². The molecule has 0 aliphatic heterocycles. The number of benzene rings is 2. The number of carbonyl (C=O) groups excluding carboxylic acids is 3. The van der Waals surface area contributed by atoms with Gasteiger partial charge in [-0.25, -0.2) is 0 Å². The van der Waals surface area contributed by atoms with Crippen LogP contribution in [-0.2, 0) is 32.0 Å². The Bertz CT molecular complexity index is 1320. The smallest absolute Gasteiger partial charge is 0.325 e. The summed E-state index contributed by atoms with van der Waals surface area (Å²) < 4.78 is 0. The van der Waals surface area contributed by atoms with Crippen LogP contribution in [0.1, 0.15) is 31.9 Å². The molecule has 11 heteroatoms. The van der Waals surface area contributed by atoms with Crippen LogP contribution in [0, 0.1) is 5.92 Å². The van der Waals surface area contributed by atoms with E-state index < -0.39 is 47.9 Å². The molecule has 0 radical (unpaired) electrons. The summed E-state index contributed by atoms with van der Waals surface area (Å²) in [6.45, 7) is 4.83. The van der Waals surface area contributed by atoms with Gasteiger partial charge >= 0.3 is 5.97 Å². The number of para-hydroxylation sites is 1. The molecule has 0 bridgehead atoms. The molecule has 0 aliphatic carbocycles. The summed E-state index contributed by atoms with van der Waals surface area (Å²) in [4.78, 5) is 53.8. The number of fused-ring (bicyclic) bond motifs is 1. The normalized spacial score (nSPS) is 14.3. The average Bonchev–Trinajstić information content (AvgIpc) is 3.30. The Labute approximate surface area is 226 Å². The Morgan fingerprint density at radius 3 is 2.18 bits per heavy atom. The monoisotopic (exact) mass is 537 g/mol. The second kappa shape index (κ2) is 12.9. The summed E-state index contributed by atoms with van der Waals surface area (Å²) in [6.07, 6.45) is 2.02. The number of carboxylic acid groups (broad SMARTS) is 1. The lowest BCUT2D eigenvalue weighted by atomic mass is 9.99. The number of amides is 3. The highest BCUT2D eigenvalue weighted by atomic mass is 16.4. The van der Waals surface area contributed by atoms with E-state index >= 15 is 0 Å². The average molecular weight is 538 g/mol. The van der Waals surface area contributed by atoms with Gasteiger partial charge in [0.15, 0.2) is 0 Å². The Kier molecular flexibility index (Phi) is 9.67. The zero-order chi connectivity index (χ0) is 28.7. The quantitative estimate of drug-likeness (QED) is 0.181. The lowest BCUT2D eigenvalue weighted by Crippen LogP contribution is -2.58. The van der Waals surface area contributed by atoms with Gasteiger partial charge in [-0.1, -0.05) is 44.2 Å². The van der Waals surface area contributed by atoms with Crippen LogP contribution in [0.2, 0.25) is 0 Å². The number of aromatic hydroxyl groups is 1. The molecule has 0 saturated heterocycles. The number of nitrogens with two attached hydrogens (primary N) is 1. The molecule has 3 amide bonds. The number of nitrogens with one attached hydrogen (secondary N) is 4. The van der Waals surface area contributed by atoms with E-state index in [1.165, 1.54) is 19.1 Å². The Balaban J connectivity index is 1.76. The third kappa shape index (κ3) is 7.81. The summed E-state index contributed by atoms with van der Waals surface area (Å²) in [6, 6.07) is 9.54. The van der Waals surface area contributed by atoms with Gasteiger partial charge in [-0.2, -0.15) is 0 Å². The van der Waals surface area contributed by atoms with Crippen LogP contribution in [0.3, 0.4) is 0 Å². The highest BCUT2D eigenvalue weighted by molar-refractivity contribution is 5.95. The van der Waals surface area contributed by atoms with Crippen molar-refractivity contribution >= 4 is 34.6 Å². The molecule has 0 fully saturated rings. The van der Waals surface area contributed by atoms with Gasteiger partial charge < -0.3 is 36.9 Å². The standard InChI is InChI=1S/C28H35N5O6/c1-15(2)24(33-25(35)21(29)12-17-8-10-19(34)11-9-17)27(37)32-23(26(36)31-16(3)28(38)39)13-18-14-30-22-7-5-4-6-20(18)22/h4-11,14-16,21,23-24,30,34H,12-13,29H2,1-3H3,(H,31,36)(H,32,37)(H,33,35)(H,38,39). The predicted octanol–water partition coefficient (Wildman–Crippen LogP) is 1.20. The number of hydrogen-bond donors (Lipinski definition) is 7. The molecule has 0 aliphatic rings. The SMILES string of the molecule is CC(NC(=O)C(Cc1c[nH]c2ccccc12)NC(=O)C(NC(=O)C(N)Cc1ccc(O)cc1)C(C)C)C(=O)O. The molecule has 3 aromatic rings. The van der Waals surface area contributed by atoms with Crippen molar-refractivity contribution in [1.29, 1.82) is 0 Å². The molecule has 4 atom stereocenters. The van der Waals surface area contributed by atoms with E-state index in [2.05, 4.69) is 20.9 Å². The van der Waals surface area contributed by atoms with E-state index in [-0.39, 0.29) is 24.5 Å². The van der Waals surface area contributed by atoms with Crippen LogP contribution in [0.5, 0.6) is 5.75 Å². The van der Waals surface area contributed by atoms with Gasteiger partial charge in [-0.05, 0) is 48.6 Å². The third-order valence-electron chi connectivity index (χ3n) is 6.44. The van der Waals surface area contributed by atoms with Gasteiger partial charge in [-0.15, -0.1) is 0 Å². The first-order chi connectivity index (χ1) is 18.5. The van der Waals surface area contributed by atoms with Gasteiger partial charge in [0, 0.05) is 23.5 Å². The number of carbonyl (C=O) groups is 4. The zero-order valence-corrected chi connectivity index (χ0v) is 22.1. The molecule has 0 saturated carbocycles. The molecular weight excluding hydrogens is 502 g/mol. The minimum atomic E-state index is -1.21. The van der Waals surface area contributed by atoms with Gasteiger partial charge in [0.05, 0.1) is 6.04 Å². The summed E-state index contributed by atoms with van der Waals surface area (Å²) in [5.74, 6) is -3.27. The lowest BCUT2D eigenvalue weighted by Gasteiger charge is -2.26. The molecule has 1 heterocycles. The fourth-order valence-electron chi connectivity index (χ4n) is 4.14. The fourth-order valence-corrected chi connectivity index (χ4v) is 4.14. The third-order valence-corrected chi connectivity index (χ3v) is 6.44. The number of hydrogen-bond acceptors (Lipinski definition) is 6. The molecule has 8 N–H and O–H groups in total. The number of aromatic nitrogens is 1. The number of H-pyrrole nitrogens is 1. The van der Waals surface area contributed by atoms with Gasteiger partial charge in [0.1, 0.15) is 23.9 Å². The van der Waals surface area contributed by atoms with Crippen molar-refractivity contribution in [1.82, 2.24) is 20.9 Å². The molecule has 1 aromatic heterocycles. The minimum absolute atomic E-state index is 0.0903. The van der Waals surface area contributed by atoms with E-state index in [0.29, 0.717) is 0 Å². The number of rotatable bonds is 12. The first-order valence-electron chi connectivity index (χ1n) is 12.7. The molecule has 3 rings (SSSR count). The Morgan fingerprint density at radius 1 is 0.872 bits per heavy atom. The van der Waals surface area contributed by atoms with E-state index in [4.69, 9.17) is 5.73 Å². The topological polar surface area (TPSA) is 187 Å². The maximum atomic E-state index is 13.4. The number of phenols is 1. The van der Waals surface area contributed by atoms with Crippen molar-refractivity contribution < 1.29 is 29.4 Å². The second-order valence-corrected chi connectivity index (χ2v) is 9.90. The lowest BCUT2D eigenvalue weighted by molar-refractivity contribution is -0.141. The highest BCUT2D eigenvalue weighted by Gasteiger charge is 2.31. The van der Waals surface area contributed by atoms with Crippen LogP contribution in [-0.4, -0.2) is 63.1 Å². The molecule has 2 aromatic carbocycles. The van der Waals surface area contributed by atoms with Crippen LogP contribution < -0.4 is 21.7 Å². The summed E-state index contributed by atoms with van der Waals surface area (Å²) in [5, 5.41) is 27.4. The van der Waals surface area contributed by atoms with Gasteiger partial charge in [0.2, 0.25) is 17.7 Å². The number of aliphatic carboxylic acids is 1. The first-order valence-corrected chi connectivity index (χ1v) is 12.7. The zero-order valence-electron chi connectivity index (χ0n) is 22.1. The van der Waals surface area contributed by atoms with Crippen LogP contribution in [0.4, 0.5) is 0 Å². The minimum Gasteiger partial charge on any atom is -0.508 e. The van der Waals surface area contributed by atoms with Crippen LogP contribution in [0.25, 0.3) is 10.9 Å². The fraction of sp³-hybridized carbons (Fsp3) is 0.357. The van der Waals surface area contributed by atoms with Gasteiger partial charge in [0.25, 0.3) is 0 Å². The Hall–Kier alpha value is -4.38. The molecule has 4 unspecified atom stereocenters. The summed E-state index contributed by atoms with van der Waals surface area (Å²) >= 11 is 0. The highest BCUT2D eigenvalue weighted by Crippen LogP contribution is 2.19. The summed E-state index contributed by atoms with van der Waals surface area (Å²) in [5.41, 5.74) is 8.43. The largest absolute Gasteiger partial charge is 0.508 e. The van der Waals surface area contributed by atoms with E-state index in [1.54, 1.807) is 32.2 Å². The van der Waals surface area contributed by atoms with Crippen molar-refractivity contribution in [2.24, 2.45) is 11.7 Å². The molecule has 11 nitrogen and oxygen atoms in total. The van der Waals surface area contributed by atoms with E-state index in [0.717, 1.165) is 22.0 Å². The summed E-state index contributed by atoms with van der Waals surface area (Å²) in [7, 11) is 0. The number of carboxylic acids is 1. The van der Waals surface area contributed by atoms with Crippen molar-refractivity contribution in [3.63, 3.8) is 0 Å². The maximum Gasteiger partial charge on any atom is 0.325 e. The molecule has 39 heavy (non-hydrogen) atoms. The maximum absolute atomic E-state index is 13.4. The van der Waals surface area contributed by atoms with Crippen LogP contribution in [0.15, 0.2) is 54.7 Å². The van der Waals surface area contributed by atoms with Crippen molar-refractivity contribution in [3.05, 3.63) is 65.9 Å². The molecule has 208 valence electrons. The molecular formula is C28H35N5O6. The second-order valence-electron chi connectivity index (χ2n) is 9.90. The van der Waals surface area contributed by atoms with E-state index in [9.17, 15) is 29.4 Å².